The predicted molar refractivity (Wildman–Crippen MR) is 61.7 cm³/mol. The average Bonchev–Trinajstić information content (AvgIpc) is 2.65. The summed E-state index contributed by atoms with van der Waals surface area (Å²) < 4.78 is 0. The van der Waals surface area contributed by atoms with E-state index < -0.39 is 0 Å². The van der Waals surface area contributed by atoms with E-state index in [9.17, 15) is 0 Å². The Hall–Kier alpha value is -1.32. The molecule has 0 bridgehead atoms. The number of hydrogen-bond donors (Lipinski definition) is 3. The van der Waals surface area contributed by atoms with E-state index >= 15 is 0 Å². The number of aliphatic hydroxyl groups excluding tert-OH is 1. The first kappa shape index (κ1) is 10.2. The molecule has 0 aliphatic carbocycles. The van der Waals surface area contributed by atoms with Crippen LogP contribution < -0.4 is 5.32 Å². The van der Waals surface area contributed by atoms with Crippen molar-refractivity contribution < 1.29 is 5.11 Å². The smallest absolute Gasteiger partial charge is 0.0636 e. The maximum atomic E-state index is 9.13. The minimum Gasteiger partial charge on any atom is -0.392 e. The monoisotopic (exact) mass is 204 g/mol. The number of rotatable bonds is 4. The van der Waals surface area contributed by atoms with Crippen molar-refractivity contribution in [1.29, 1.82) is 0 Å². The second-order valence-corrected chi connectivity index (χ2v) is 3.84. The third-order valence-electron chi connectivity index (χ3n) is 2.44. The summed E-state index contributed by atoms with van der Waals surface area (Å²) in [4.78, 5) is 3.18. The van der Waals surface area contributed by atoms with Crippen molar-refractivity contribution in [3.63, 3.8) is 0 Å². The van der Waals surface area contributed by atoms with Crippen LogP contribution in [0.25, 0.3) is 10.9 Å². The summed E-state index contributed by atoms with van der Waals surface area (Å²) in [6.07, 6.45) is 1.65. The van der Waals surface area contributed by atoms with E-state index in [0.717, 1.165) is 12.1 Å². The quantitative estimate of drug-likeness (QED) is 0.709. The first-order valence-corrected chi connectivity index (χ1v) is 5.21. The van der Waals surface area contributed by atoms with Gasteiger partial charge in [-0.2, -0.15) is 0 Å². The van der Waals surface area contributed by atoms with E-state index in [0.29, 0.717) is 6.54 Å². The summed E-state index contributed by atoms with van der Waals surface area (Å²) in [7, 11) is 0. The highest BCUT2D eigenvalue weighted by Gasteiger charge is 2.01. The van der Waals surface area contributed by atoms with E-state index in [2.05, 4.69) is 28.5 Å². The lowest BCUT2D eigenvalue weighted by Gasteiger charge is -2.07. The zero-order chi connectivity index (χ0) is 10.7. The molecule has 0 amide bonds. The molecule has 0 fully saturated rings. The topological polar surface area (TPSA) is 48.0 Å². The molecule has 2 aromatic rings. The summed E-state index contributed by atoms with van der Waals surface area (Å²) in [5.41, 5.74) is 2.42. The normalized spacial score (nSPS) is 13.2. The predicted octanol–water partition coefficient (Wildman–Crippen LogP) is 1.64. The Morgan fingerprint density at radius 2 is 2.27 bits per heavy atom. The molecule has 3 N–H and O–H groups in total. The van der Waals surface area contributed by atoms with Crippen molar-refractivity contribution in [2.75, 3.05) is 6.54 Å². The van der Waals surface area contributed by atoms with Crippen LogP contribution in [0.3, 0.4) is 0 Å². The number of benzene rings is 1. The van der Waals surface area contributed by atoms with Crippen LogP contribution >= 0.6 is 0 Å². The zero-order valence-corrected chi connectivity index (χ0v) is 8.83. The molecular formula is C12H16N2O. The van der Waals surface area contributed by atoms with Crippen LogP contribution in [0.2, 0.25) is 0 Å². The van der Waals surface area contributed by atoms with Gasteiger partial charge in [-0.1, -0.05) is 12.1 Å². The third kappa shape index (κ3) is 2.37. The third-order valence-corrected chi connectivity index (χ3v) is 2.44. The molecule has 0 aliphatic heterocycles. The second kappa shape index (κ2) is 4.47. The molecule has 1 aromatic heterocycles. The molecule has 0 radical (unpaired) electrons. The minimum absolute atomic E-state index is 0.296. The van der Waals surface area contributed by atoms with Gasteiger partial charge >= 0.3 is 0 Å². The molecule has 1 unspecified atom stereocenters. The number of H-pyrrole nitrogens is 1. The Labute approximate surface area is 89.1 Å². The summed E-state index contributed by atoms with van der Waals surface area (Å²) in [6, 6.07) is 8.28. The van der Waals surface area contributed by atoms with Gasteiger partial charge in [0, 0.05) is 30.2 Å². The second-order valence-electron chi connectivity index (χ2n) is 3.84. The maximum absolute atomic E-state index is 9.13. The average molecular weight is 204 g/mol. The molecule has 0 spiro atoms. The largest absolute Gasteiger partial charge is 0.392 e. The molecule has 80 valence electrons. The standard InChI is InChI=1S/C12H16N2O/c1-9(15)7-13-8-10-3-2-4-12-11(10)5-6-14-12/h2-6,9,13-15H,7-8H2,1H3. The van der Waals surface area contributed by atoms with Crippen LogP contribution in [-0.2, 0) is 6.54 Å². The molecule has 1 atom stereocenters. The summed E-state index contributed by atoms with van der Waals surface area (Å²) in [6.45, 7) is 3.20. The van der Waals surface area contributed by atoms with Gasteiger partial charge in [0.1, 0.15) is 0 Å². The molecular weight excluding hydrogens is 188 g/mol. The molecule has 0 saturated carbocycles. The first-order valence-electron chi connectivity index (χ1n) is 5.21. The van der Waals surface area contributed by atoms with Crippen LogP contribution in [0.15, 0.2) is 30.5 Å². The molecule has 1 heterocycles. The lowest BCUT2D eigenvalue weighted by Crippen LogP contribution is -2.23. The van der Waals surface area contributed by atoms with Crippen molar-refractivity contribution in [2.45, 2.75) is 19.6 Å². The Morgan fingerprint density at radius 3 is 3.07 bits per heavy atom. The highest BCUT2D eigenvalue weighted by Crippen LogP contribution is 2.16. The highest BCUT2D eigenvalue weighted by molar-refractivity contribution is 5.82. The molecule has 3 heteroatoms. The van der Waals surface area contributed by atoms with Gasteiger partial charge in [0.2, 0.25) is 0 Å². The van der Waals surface area contributed by atoms with Crippen LogP contribution in [0.1, 0.15) is 12.5 Å². The number of aliphatic hydroxyl groups is 1. The number of aromatic amines is 1. The molecule has 15 heavy (non-hydrogen) atoms. The van der Waals surface area contributed by atoms with Gasteiger partial charge in [-0.15, -0.1) is 0 Å². The van der Waals surface area contributed by atoms with E-state index in [1.807, 2.05) is 12.3 Å². The molecule has 2 rings (SSSR count). The highest BCUT2D eigenvalue weighted by atomic mass is 16.3. The Bertz CT molecular complexity index is 434. The zero-order valence-electron chi connectivity index (χ0n) is 8.83. The van der Waals surface area contributed by atoms with E-state index in [1.165, 1.54) is 10.9 Å². The Balaban J connectivity index is 2.10. The van der Waals surface area contributed by atoms with Gasteiger partial charge < -0.3 is 15.4 Å². The van der Waals surface area contributed by atoms with Gasteiger partial charge in [0.05, 0.1) is 6.10 Å². The van der Waals surface area contributed by atoms with Gasteiger partial charge in [0.15, 0.2) is 0 Å². The molecule has 0 aliphatic rings. The Morgan fingerprint density at radius 1 is 1.40 bits per heavy atom. The van der Waals surface area contributed by atoms with E-state index in [-0.39, 0.29) is 6.10 Å². The fourth-order valence-electron chi connectivity index (χ4n) is 1.72. The first-order chi connectivity index (χ1) is 7.27. The number of fused-ring (bicyclic) bond motifs is 1. The van der Waals surface area contributed by atoms with Gasteiger partial charge in [0.25, 0.3) is 0 Å². The van der Waals surface area contributed by atoms with E-state index in [4.69, 9.17) is 5.11 Å². The SMILES string of the molecule is CC(O)CNCc1cccc2[nH]ccc12. The number of hydrogen-bond acceptors (Lipinski definition) is 2. The van der Waals surface area contributed by atoms with Crippen LogP contribution in [0.4, 0.5) is 0 Å². The lowest BCUT2D eigenvalue weighted by atomic mass is 10.1. The van der Waals surface area contributed by atoms with E-state index in [1.54, 1.807) is 6.92 Å². The summed E-state index contributed by atoms with van der Waals surface area (Å²) in [5.74, 6) is 0. The molecule has 0 saturated heterocycles. The fourth-order valence-corrected chi connectivity index (χ4v) is 1.72. The summed E-state index contributed by atoms with van der Waals surface area (Å²) in [5, 5.41) is 13.6. The fraction of sp³-hybridized carbons (Fsp3) is 0.333. The summed E-state index contributed by atoms with van der Waals surface area (Å²) >= 11 is 0. The van der Waals surface area contributed by atoms with Crippen LogP contribution in [0, 0.1) is 0 Å². The van der Waals surface area contributed by atoms with Crippen molar-refractivity contribution in [3.8, 4) is 0 Å². The van der Waals surface area contributed by atoms with Crippen molar-refractivity contribution in [1.82, 2.24) is 10.3 Å². The van der Waals surface area contributed by atoms with Crippen molar-refractivity contribution >= 4 is 10.9 Å². The number of nitrogens with one attached hydrogen (secondary N) is 2. The van der Waals surface area contributed by atoms with Crippen LogP contribution in [0.5, 0.6) is 0 Å². The minimum atomic E-state index is -0.296. The molecule has 1 aromatic carbocycles. The maximum Gasteiger partial charge on any atom is 0.0636 e. The van der Waals surface area contributed by atoms with Gasteiger partial charge in [-0.05, 0) is 24.6 Å². The molecule has 3 nitrogen and oxygen atoms in total. The van der Waals surface area contributed by atoms with Gasteiger partial charge in [-0.25, -0.2) is 0 Å². The van der Waals surface area contributed by atoms with Crippen molar-refractivity contribution in [2.24, 2.45) is 0 Å². The van der Waals surface area contributed by atoms with Gasteiger partial charge in [-0.3, -0.25) is 0 Å². The lowest BCUT2D eigenvalue weighted by molar-refractivity contribution is 0.191. The van der Waals surface area contributed by atoms with Crippen molar-refractivity contribution in [3.05, 3.63) is 36.0 Å². The van der Waals surface area contributed by atoms with Crippen LogP contribution in [-0.4, -0.2) is 22.7 Å². The Kier molecular flexibility index (Phi) is 3.04. The number of aromatic nitrogens is 1.